The molecule has 3 heterocycles. The highest BCUT2D eigenvalue weighted by atomic mass is 16.2. The molecule has 0 N–H and O–H groups in total. The third kappa shape index (κ3) is 3.07. The Morgan fingerprint density at radius 1 is 1.11 bits per heavy atom. The number of nitrogens with zero attached hydrogens (tertiary/aromatic N) is 3. The van der Waals surface area contributed by atoms with Crippen LogP contribution in [-0.2, 0) is 24.3 Å². The summed E-state index contributed by atoms with van der Waals surface area (Å²) in [6, 6.07) is 8.65. The minimum Gasteiger partial charge on any atom is -0.338 e. The average molecular weight is 359 g/mol. The molecule has 4 nitrogen and oxygen atoms in total. The predicted octanol–water partition coefficient (Wildman–Crippen LogP) is 3.82. The molecule has 5 rings (SSSR count). The normalized spacial score (nSPS) is 19.2. The van der Waals surface area contributed by atoms with Gasteiger partial charge in [-0.2, -0.15) is 0 Å². The van der Waals surface area contributed by atoms with E-state index in [-0.39, 0.29) is 0 Å². The number of aryl methyl sites for hydroxylation is 1. The molecule has 0 saturated heterocycles. The Morgan fingerprint density at radius 3 is 2.78 bits per heavy atom. The van der Waals surface area contributed by atoms with Crippen molar-refractivity contribution in [1.82, 2.24) is 9.88 Å². The predicted molar refractivity (Wildman–Crippen MR) is 106 cm³/mol. The smallest absolute Gasteiger partial charge is 0.227 e. The average Bonchev–Trinajstić information content (AvgIpc) is 3.30. The number of benzene rings is 1. The monoisotopic (exact) mass is 359 g/mol. The molecule has 1 amide bonds. The number of aliphatic imine (C=N–C) groups is 1. The molecule has 2 aliphatic heterocycles. The van der Waals surface area contributed by atoms with Gasteiger partial charge in [0.1, 0.15) is 0 Å². The lowest BCUT2D eigenvalue weighted by atomic mass is 9.90. The largest absolute Gasteiger partial charge is 0.338 e. The van der Waals surface area contributed by atoms with E-state index in [1.165, 1.54) is 47.9 Å². The van der Waals surface area contributed by atoms with Crippen molar-refractivity contribution >= 4 is 11.6 Å². The van der Waals surface area contributed by atoms with E-state index in [0.717, 1.165) is 30.1 Å². The standard InChI is InChI=1S/C23H25N3O/c1-15-8-17(6-7-24-15)23-21-10-20-14-26(13-16-4-2-3-5-16)22(27)11-18(20)9-19(21)12-25-23/h6-10,16H,2-5,11-14H2,1H3. The maximum Gasteiger partial charge on any atom is 0.227 e. The van der Waals surface area contributed by atoms with Crippen LogP contribution in [0.5, 0.6) is 0 Å². The lowest BCUT2D eigenvalue weighted by Gasteiger charge is -2.31. The summed E-state index contributed by atoms with van der Waals surface area (Å²) < 4.78 is 0. The van der Waals surface area contributed by atoms with E-state index >= 15 is 0 Å². The van der Waals surface area contributed by atoms with Gasteiger partial charge in [-0.15, -0.1) is 0 Å². The van der Waals surface area contributed by atoms with E-state index in [1.54, 1.807) is 0 Å². The minimum absolute atomic E-state index is 0.290. The van der Waals surface area contributed by atoms with Crippen molar-refractivity contribution in [2.75, 3.05) is 6.54 Å². The van der Waals surface area contributed by atoms with Crippen molar-refractivity contribution in [1.29, 1.82) is 0 Å². The second-order valence-electron chi connectivity index (χ2n) is 8.23. The van der Waals surface area contributed by atoms with Crippen LogP contribution in [0, 0.1) is 12.8 Å². The molecule has 1 aromatic heterocycles. The molecule has 1 aliphatic carbocycles. The SMILES string of the molecule is Cc1cc(C2=NCc3cc4c(cc32)CN(CC2CCCC2)C(=O)C4)ccn1. The molecule has 0 spiro atoms. The third-order valence-electron chi connectivity index (χ3n) is 6.27. The van der Waals surface area contributed by atoms with Gasteiger partial charge in [-0.1, -0.05) is 18.9 Å². The fourth-order valence-electron chi connectivity index (χ4n) is 4.83. The van der Waals surface area contributed by atoms with Crippen LogP contribution in [0.1, 0.15) is 59.2 Å². The number of hydrogen-bond donors (Lipinski definition) is 0. The van der Waals surface area contributed by atoms with E-state index in [0.29, 0.717) is 24.8 Å². The molecule has 4 heteroatoms. The van der Waals surface area contributed by atoms with Gasteiger partial charge in [0, 0.05) is 36.1 Å². The molecule has 0 radical (unpaired) electrons. The fourth-order valence-corrected chi connectivity index (χ4v) is 4.83. The van der Waals surface area contributed by atoms with Gasteiger partial charge in [0.05, 0.1) is 18.7 Å². The van der Waals surface area contributed by atoms with Crippen LogP contribution in [0.15, 0.2) is 35.5 Å². The lowest BCUT2D eigenvalue weighted by molar-refractivity contribution is -0.132. The molecule has 0 unspecified atom stereocenters. The summed E-state index contributed by atoms with van der Waals surface area (Å²) in [6.07, 6.45) is 7.59. The number of carbonyl (C=O) groups is 1. The molecule has 1 aromatic carbocycles. The Kier molecular flexibility index (Phi) is 4.07. The van der Waals surface area contributed by atoms with Crippen LogP contribution in [0.25, 0.3) is 0 Å². The molecule has 138 valence electrons. The van der Waals surface area contributed by atoms with Crippen LogP contribution in [0.2, 0.25) is 0 Å². The van der Waals surface area contributed by atoms with Crippen LogP contribution in [0.3, 0.4) is 0 Å². The topological polar surface area (TPSA) is 45.6 Å². The van der Waals surface area contributed by atoms with Gasteiger partial charge in [0.25, 0.3) is 0 Å². The fraction of sp³-hybridized carbons (Fsp3) is 0.435. The van der Waals surface area contributed by atoms with Crippen molar-refractivity contribution in [3.05, 3.63) is 64.0 Å². The highest BCUT2D eigenvalue weighted by molar-refractivity contribution is 6.15. The number of amides is 1. The molecule has 2 aromatic rings. The molecule has 0 bridgehead atoms. The van der Waals surface area contributed by atoms with Crippen molar-refractivity contribution < 1.29 is 4.79 Å². The van der Waals surface area contributed by atoms with Gasteiger partial charge in [0.2, 0.25) is 5.91 Å². The van der Waals surface area contributed by atoms with Gasteiger partial charge in [0.15, 0.2) is 0 Å². The first kappa shape index (κ1) is 16.7. The number of pyridine rings is 1. The van der Waals surface area contributed by atoms with Crippen molar-refractivity contribution in [2.45, 2.75) is 52.1 Å². The summed E-state index contributed by atoms with van der Waals surface area (Å²) in [4.78, 5) is 23.9. The first-order chi connectivity index (χ1) is 13.2. The molecule has 27 heavy (non-hydrogen) atoms. The first-order valence-electron chi connectivity index (χ1n) is 10.1. The van der Waals surface area contributed by atoms with Crippen molar-refractivity contribution in [3.63, 3.8) is 0 Å². The molecule has 3 aliphatic rings. The Balaban J connectivity index is 1.44. The second-order valence-corrected chi connectivity index (χ2v) is 8.23. The molecule has 1 fully saturated rings. The summed E-state index contributed by atoms with van der Waals surface area (Å²) in [5, 5.41) is 0. The van der Waals surface area contributed by atoms with Crippen LogP contribution >= 0.6 is 0 Å². The Labute approximate surface area is 160 Å². The van der Waals surface area contributed by atoms with E-state index in [2.05, 4.69) is 28.1 Å². The summed E-state index contributed by atoms with van der Waals surface area (Å²) in [7, 11) is 0. The lowest BCUT2D eigenvalue weighted by Crippen LogP contribution is -2.39. The zero-order valence-corrected chi connectivity index (χ0v) is 15.9. The van der Waals surface area contributed by atoms with Crippen molar-refractivity contribution in [2.24, 2.45) is 10.9 Å². The maximum absolute atomic E-state index is 12.7. The summed E-state index contributed by atoms with van der Waals surface area (Å²) in [5.41, 5.74) is 8.18. The minimum atomic E-state index is 0.290. The zero-order valence-electron chi connectivity index (χ0n) is 15.9. The van der Waals surface area contributed by atoms with Gasteiger partial charge in [-0.05, 0) is 60.6 Å². The summed E-state index contributed by atoms with van der Waals surface area (Å²) in [6.45, 7) is 4.40. The number of fused-ring (bicyclic) bond motifs is 2. The second kappa shape index (κ2) is 6.59. The number of carbonyl (C=O) groups excluding carboxylic acids is 1. The molecular weight excluding hydrogens is 334 g/mol. The Hall–Kier alpha value is -2.49. The van der Waals surface area contributed by atoms with Gasteiger partial charge in [-0.3, -0.25) is 14.8 Å². The van der Waals surface area contributed by atoms with Crippen LogP contribution < -0.4 is 0 Å². The van der Waals surface area contributed by atoms with E-state index in [4.69, 9.17) is 4.99 Å². The zero-order chi connectivity index (χ0) is 18.4. The number of aromatic nitrogens is 1. The Bertz CT molecular complexity index is 941. The summed E-state index contributed by atoms with van der Waals surface area (Å²) >= 11 is 0. The van der Waals surface area contributed by atoms with Gasteiger partial charge in [-0.25, -0.2) is 0 Å². The number of rotatable bonds is 3. The van der Waals surface area contributed by atoms with Crippen LogP contribution in [0.4, 0.5) is 0 Å². The number of hydrogen-bond acceptors (Lipinski definition) is 3. The molecular formula is C23H25N3O. The quantitative estimate of drug-likeness (QED) is 0.836. The first-order valence-corrected chi connectivity index (χ1v) is 10.1. The van der Waals surface area contributed by atoms with E-state index in [9.17, 15) is 4.79 Å². The Morgan fingerprint density at radius 2 is 1.96 bits per heavy atom. The van der Waals surface area contributed by atoms with E-state index in [1.807, 2.05) is 19.2 Å². The molecule has 1 saturated carbocycles. The molecule has 0 atom stereocenters. The highest BCUT2D eigenvalue weighted by Gasteiger charge is 2.29. The van der Waals surface area contributed by atoms with Gasteiger partial charge < -0.3 is 4.90 Å². The van der Waals surface area contributed by atoms with E-state index < -0.39 is 0 Å². The van der Waals surface area contributed by atoms with Crippen LogP contribution in [-0.4, -0.2) is 28.0 Å². The third-order valence-corrected chi connectivity index (χ3v) is 6.27. The van der Waals surface area contributed by atoms with Crippen molar-refractivity contribution in [3.8, 4) is 0 Å². The maximum atomic E-state index is 12.7. The summed E-state index contributed by atoms with van der Waals surface area (Å²) in [5.74, 6) is 0.986. The van der Waals surface area contributed by atoms with Gasteiger partial charge >= 0.3 is 0 Å². The highest BCUT2D eigenvalue weighted by Crippen LogP contribution is 2.32.